The molecule has 4 nitrogen and oxygen atoms in total. The van der Waals surface area contributed by atoms with E-state index in [2.05, 4.69) is 5.10 Å². The Morgan fingerprint density at radius 3 is 2.48 bits per heavy atom. The summed E-state index contributed by atoms with van der Waals surface area (Å²) in [5.41, 5.74) is 1.78. The first kappa shape index (κ1) is 12.8. The van der Waals surface area contributed by atoms with E-state index in [4.69, 9.17) is 4.74 Å². The Kier molecular flexibility index (Phi) is 3.11. The summed E-state index contributed by atoms with van der Waals surface area (Å²) in [6.07, 6.45) is 8.26. The van der Waals surface area contributed by atoms with E-state index < -0.39 is 0 Å². The van der Waals surface area contributed by atoms with Crippen LogP contribution in [0.1, 0.15) is 36.0 Å². The zero-order valence-corrected chi connectivity index (χ0v) is 11.8. The lowest BCUT2D eigenvalue weighted by molar-refractivity contribution is -0.0149. The molecule has 2 bridgehead atoms. The predicted molar refractivity (Wildman–Crippen MR) is 78.5 cm³/mol. The van der Waals surface area contributed by atoms with E-state index in [1.54, 1.807) is 10.9 Å². The molecule has 0 saturated carbocycles. The number of hydrogen-bond donors (Lipinski definition) is 0. The van der Waals surface area contributed by atoms with Gasteiger partial charge in [0.1, 0.15) is 0 Å². The molecule has 4 heteroatoms. The monoisotopic (exact) mass is 282 g/mol. The van der Waals surface area contributed by atoms with Crippen LogP contribution in [0.25, 0.3) is 5.69 Å². The van der Waals surface area contributed by atoms with E-state index in [1.165, 1.54) is 0 Å². The van der Waals surface area contributed by atoms with Gasteiger partial charge in [-0.25, -0.2) is 4.68 Å². The third kappa shape index (κ3) is 2.40. The second kappa shape index (κ2) is 5.11. The van der Waals surface area contributed by atoms with Gasteiger partial charge in [0.05, 0.1) is 17.9 Å². The lowest BCUT2D eigenvalue weighted by Gasteiger charge is -2.27. The molecule has 2 unspecified atom stereocenters. The minimum absolute atomic E-state index is 0.131. The van der Waals surface area contributed by atoms with Gasteiger partial charge in [0.25, 0.3) is 0 Å². The van der Waals surface area contributed by atoms with Gasteiger partial charge in [0, 0.05) is 23.9 Å². The average Bonchev–Trinajstić information content (AvgIpc) is 3.17. The highest BCUT2D eigenvalue weighted by Gasteiger charge is 2.38. The third-order valence-electron chi connectivity index (χ3n) is 4.58. The quantitative estimate of drug-likeness (QED) is 0.813. The van der Waals surface area contributed by atoms with Crippen LogP contribution in [0.15, 0.2) is 42.7 Å². The molecule has 0 aliphatic carbocycles. The molecule has 21 heavy (non-hydrogen) atoms. The maximum Gasteiger partial charge on any atom is 0.166 e. The normalized spacial score (nSPS) is 27.7. The van der Waals surface area contributed by atoms with Crippen molar-refractivity contribution in [1.82, 2.24) is 9.78 Å². The van der Waals surface area contributed by atoms with Gasteiger partial charge < -0.3 is 4.74 Å². The zero-order chi connectivity index (χ0) is 14.2. The number of fused-ring (bicyclic) bond motifs is 2. The van der Waals surface area contributed by atoms with Crippen molar-refractivity contribution in [2.75, 3.05) is 0 Å². The molecular formula is C17H18N2O2. The summed E-state index contributed by atoms with van der Waals surface area (Å²) in [4.78, 5) is 12.6. The third-order valence-corrected chi connectivity index (χ3v) is 4.58. The van der Waals surface area contributed by atoms with E-state index in [1.807, 2.05) is 36.5 Å². The second-order valence-electron chi connectivity index (χ2n) is 5.99. The average molecular weight is 282 g/mol. The fraction of sp³-hybridized carbons (Fsp3) is 0.412. The number of ether oxygens (including phenoxy) is 1. The fourth-order valence-electron chi connectivity index (χ4n) is 3.51. The number of nitrogens with zero attached hydrogens (tertiary/aromatic N) is 2. The van der Waals surface area contributed by atoms with Crippen molar-refractivity contribution in [1.29, 1.82) is 0 Å². The van der Waals surface area contributed by atoms with Gasteiger partial charge >= 0.3 is 0 Å². The molecule has 2 fully saturated rings. The van der Waals surface area contributed by atoms with Crippen molar-refractivity contribution in [3.05, 3.63) is 48.3 Å². The Morgan fingerprint density at radius 1 is 1.14 bits per heavy atom. The summed E-state index contributed by atoms with van der Waals surface area (Å²) >= 11 is 0. The zero-order valence-electron chi connectivity index (χ0n) is 11.8. The highest BCUT2D eigenvalue weighted by Crippen LogP contribution is 2.37. The molecule has 2 aromatic rings. The Hall–Kier alpha value is -1.94. The standard InChI is InChI=1S/C17H18N2O2/c20-17(13-10-15-6-7-16(11-13)21-15)12-2-4-14(5-3-12)19-9-1-8-18-19/h1-5,8-9,13,15-16H,6-7,10-11H2. The molecule has 1 aromatic heterocycles. The summed E-state index contributed by atoms with van der Waals surface area (Å²) in [6, 6.07) is 9.62. The van der Waals surface area contributed by atoms with E-state index in [0.717, 1.165) is 36.9 Å². The van der Waals surface area contributed by atoms with Crippen molar-refractivity contribution < 1.29 is 9.53 Å². The molecule has 0 radical (unpaired) electrons. The molecule has 2 aliphatic heterocycles. The lowest BCUT2D eigenvalue weighted by atomic mass is 9.88. The van der Waals surface area contributed by atoms with Crippen molar-refractivity contribution in [3.63, 3.8) is 0 Å². The van der Waals surface area contributed by atoms with Crippen LogP contribution in [0.4, 0.5) is 0 Å². The van der Waals surface area contributed by atoms with Crippen LogP contribution in [0.5, 0.6) is 0 Å². The van der Waals surface area contributed by atoms with Gasteiger partial charge in [-0.1, -0.05) is 0 Å². The topological polar surface area (TPSA) is 44.1 Å². The summed E-state index contributed by atoms with van der Waals surface area (Å²) < 4.78 is 7.61. The molecule has 3 heterocycles. The molecule has 108 valence electrons. The summed E-state index contributed by atoms with van der Waals surface area (Å²) in [6.45, 7) is 0. The van der Waals surface area contributed by atoms with Crippen LogP contribution < -0.4 is 0 Å². The summed E-state index contributed by atoms with van der Waals surface area (Å²) in [5, 5.41) is 4.19. The Bertz CT molecular complexity index is 621. The number of Topliss-reactive ketones (excluding diaryl/α,β-unsaturated/α-hetero) is 1. The molecule has 2 atom stereocenters. The number of rotatable bonds is 3. The first-order valence-electron chi connectivity index (χ1n) is 7.59. The Morgan fingerprint density at radius 2 is 1.86 bits per heavy atom. The molecule has 2 aliphatic rings. The van der Waals surface area contributed by atoms with Gasteiger partial charge in [-0.05, 0) is 56.0 Å². The van der Waals surface area contributed by atoms with Crippen molar-refractivity contribution >= 4 is 5.78 Å². The van der Waals surface area contributed by atoms with E-state index in [-0.39, 0.29) is 11.7 Å². The molecule has 0 spiro atoms. The van der Waals surface area contributed by atoms with Crippen LogP contribution in [0.2, 0.25) is 0 Å². The number of hydrogen-bond acceptors (Lipinski definition) is 3. The predicted octanol–water partition coefficient (Wildman–Crippen LogP) is 3.01. The molecule has 4 rings (SSSR count). The minimum atomic E-state index is 0.131. The number of carbonyl (C=O) groups is 1. The molecule has 2 saturated heterocycles. The van der Waals surface area contributed by atoms with Crippen molar-refractivity contribution in [2.45, 2.75) is 37.9 Å². The van der Waals surface area contributed by atoms with Gasteiger partial charge in [-0.2, -0.15) is 5.10 Å². The molecular weight excluding hydrogens is 264 g/mol. The van der Waals surface area contributed by atoms with Crippen LogP contribution in [0, 0.1) is 5.92 Å². The Labute approximate surface area is 123 Å². The van der Waals surface area contributed by atoms with Gasteiger partial charge in [0.2, 0.25) is 0 Å². The number of aromatic nitrogens is 2. The highest BCUT2D eigenvalue weighted by atomic mass is 16.5. The van der Waals surface area contributed by atoms with Crippen LogP contribution in [0.3, 0.4) is 0 Å². The SMILES string of the molecule is O=C(c1ccc(-n2cccn2)cc1)C1CC2CCC(C1)O2. The fourth-order valence-corrected chi connectivity index (χ4v) is 3.51. The molecule has 0 N–H and O–H groups in total. The maximum absolute atomic E-state index is 12.6. The Balaban J connectivity index is 1.52. The molecule has 1 aromatic carbocycles. The van der Waals surface area contributed by atoms with Gasteiger partial charge in [0.15, 0.2) is 5.78 Å². The number of carbonyl (C=O) groups excluding carboxylic acids is 1. The number of benzene rings is 1. The minimum Gasteiger partial charge on any atom is -0.375 e. The van der Waals surface area contributed by atoms with Gasteiger partial charge in [-0.3, -0.25) is 4.79 Å². The largest absolute Gasteiger partial charge is 0.375 e. The highest BCUT2D eigenvalue weighted by molar-refractivity contribution is 5.98. The van der Waals surface area contributed by atoms with Gasteiger partial charge in [-0.15, -0.1) is 0 Å². The van der Waals surface area contributed by atoms with Crippen LogP contribution >= 0.6 is 0 Å². The van der Waals surface area contributed by atoms with E-state index >= 15 is 0 Å². The van der Waals surface area contributed by atoms with Crippen LogP contribution in [-0.2, 0) is 4.74 Å². The smallest absolute Gasteiger partial charge is 0.166 e. The maximum atomic E-state index is 12.6. The first-order chi connectivity index (χ1) is 10.3. The number of ketones is 1. The first-order valence-corrected chi connectivity index (χ1v) is 7.59. The molecule has 0 amide bonds. The van der Waals surface area contributed by atoms with Crippen molar-refractivity contribution in [3.8, 4) is 5.69 Å². The summed E-state index contributed by atoms with van der Waals surface area (Å²) in [5.74, 6) is 0.397. The summed E-state index contributed by atoms with van der Waals surface area (Å²) in [7, 11) is 0. The lowest BCUT2D eigenvalue weighted by Crippen LogP contribution is -2.30. The van der Waals surface area contributed by atoms with E-state index in [9.17, 15) is 4.79 Å². The van der Waals surface area contributed by atoms with Crippen molar-refractivity contribution in [2.24, 2.45) is 5.92 Å². The second-order valence-corrected chi connectivity index (χ2v) is 5.99. The van der Waals surface area contributed by atoms with E-state index in [0.29, 0.717) is 12.2 Å². The van der Waals surface area contributed by atoms with Crippen LogP contribution in [-0.4, -0.2) is 27.8 Å².